The van der Waals surface area contributed by atoms with Gasteiger partial charge in [-0.1, -0.05) is 55.8 Å². The molecule has 0 spiro atoms. The maximum absolute atomic E-state index is 13.1. The van der Waals surface area contributed by atoms with Crippen molar-refractivity contribution in [3.05, 3.63) is 95.1 Å². The van der Waals surface area contributed by atoms with Crippen LogP contribution in [-0.2, 0) is 16.6 Å². The Bertz CT molecular complexity index is 1410. The number of rotatable bonds is 9. The smallest absolute Gasteiger partial charge is 0.255 e. The van der Waals surface area contributed by atoms with E-state index in [-0.39, 0.29) is 11.8 Å². The number of hydrogen-bond acceptors (Lipinski definition) is 5. The summed E-state index contributed by atoms with van der Waals surface area (Å²) in [7, 11) is -3.52. The Labute approximate surface area is 231 Å². The van der Waals surface area contributed by atoms with Gasteiger partial charge in [-0.3, -0.25) is 14.5 Å². The van der Waals surface area contributed by atoms with E-state index in [0.717, 1.165) is 11.1 Å². The SMILES string of the molecule is Cc1ccc(S(=O)(=O)N2CCN(Cc3cccc(C(=O)Nc4ccccc4C(=O)NCC(C)C)c3)CC2)cc1. The van der Waals surface area contributed by atoms with Gasteiger partial charge in [0.1, 0.15) is 0 Å². The first-order valence-corrected chi connectivity index (χ1v) is 14.6. The fourth-order valence-corrected chi connectivity index (χ4v) is 5.86. The Balaban J connectivity index is 1.37. The van der Waals surface area contributed by atoms with Crippen molar-refractivity contribution in [2.24, 2.45) is 5.92 Å². The summed E-state index contributed by atoms with van der Waals surface area (Å²) >= 11 is 0. The van der Waals surface area contributed by atoms with Crippen molar-refractivity contribution in [1.29, 1.82) is 0 Å². The number of nitrogens with zero attached hydrogens (tertiary/aromatic N) is 2. The number of para-hydroxylation sites is 1. The molecule has 2 N–H and O–H groups in total. The predicted molar refractivity (Wildman–Crippen MR) is 153 cm³/mol. The Kier molecular flexibility index (Phi) is 9.16. The summed E-state index contributed by atoms with van der Waals surface area (Å²) in [5.41, 5.74) is 3.35. The first kappa shape index (κ1) is 28.5. The summed E-state index contributed by atoms with van der Waals surface area (Å²) in [6, 6.07) is 21.3. The lowest BCUT2D eigenvalue weighted by molar-refractivity contribution is 0.0950. The van der Waals surface area contributed by atoms with E-state index < -0.39 is 10.0 Å². The third-order valence-electron chi connectivity index (χ3n) is 6.68. The highest BCUT2D eigenvalue weighted by molar-refractivity contribution is 7.89. The maximum atomic E-state index is 13.1. The molecule has 4 rings (SSSR count). The lowest BCUT2D eigenvalue weighted by Gasteiger charge is -2.34. The highest BCUT2D eigenvalue weighted by atomic mass is 32.2. The summed E-state index contributed by atoms with van der Waals surface area (Å²) in [6.45, 7) is 9.14. The minimum atomic E-state index is -3.52. The van der Waals surface area contributed by atoms with E-state index in [1.54, 1.807) is 42.5 Å². The number of carbonyl (C=O) groups is 2. The third kappa shape index (κ3) is 7.32. The minimum Gasteiger partial charge on any atom is -0.352 e. The lowest BCUT2D eigenvalue weighted by atomic mass is 10.1. The van der Waals surface area contributed by atoms with Crippen molar-refractivity contribution in [1.82, 2.24) is 14.5 Å². The molecule has 206 valence electrons. The zero-order valence-electron chi connectivity index (χ0n) is 22.7. The number of aryl methyl sites for hydroxylation is 1. The van der Waals surface area contributed by atoms with Crippen molar-refractivity contribution < 1.29 is 18.0 Å². The Hall–Kier alpha value is -3.53. The van der Waals surface area contributed by atoms with Gasteiger partial charge >= 0.3 is 0 Å². The molecule has 1 aliphatic heterocycles. The van der Waals surface area contributed by atoms with Crippen LogP contribution in [0.4, 0.5) is 5.69 Å². The van der Waals surface area contributed by atoms with Crippen molar-refractivity contribution in [3.63, 3.8) is 0 Å². The fraction of sp³-hybridized carbons (Fsp3) is 0.333. The Morgan fingerprint density at radius 2 is 1.56 bits per heavy atom. The zero-order chi connectivity index (χ0) is 28.0. The van der Waals surface area contributed by atoms with Crippen LogP contribution in [0.3, 0.4) is 0 Å². The molecule has 3 aromatic carbocycles. The van der Waals surface area contributed by atoms with Crippen molar-refractivity contribution in [3.8, 4) is 0 Å². The quantitative estimate of drug-likeness (QED) is 0.419. The van der Waals surface area contributed by atoms with Crippen LogP contribution in [0.2, 0.25) is 0 Å². The van der Waals surface area contributed by atoms with E-state index in [2.05, 4.69) is 15.5 Å². The molecule has 1 heterocycles. The Morgan fingerprint density at radius 1 is 0.872 bits per heavy atom. The van der Waals surface area contributed by atoms with Crippen LogP contribution in [0.15, 0.2) is 77.7 Å². The molecule has 2 amide bonds. The fourth-order valence-electron chi connectivity index (χ4n) is 4.43. The average molecular weight is 549 g/mol. The van der Waals surface area contributed by atoms with E-state index in [1.807, 2.05) is 51.1 Å². The molecule has 8 nitrogen and oxygen atoms in total. The van der Waals surface area contributed by atoms with Crippen LogP contribution in [0, 0.1) is 12.8 Å². The number of carbonyl (C=O) groups excluding carboxylic acids is 2. The molecule has 1 aliphatic rings. The molecule has 3 aromatic rings. The van der Waals surface area contributed by atoms with Crippen molar-refractivity contribution >= 4 is 27.5 Å². The maximum Gasteiger partial charge on any atom is 0.255 e. The van der Waals surface area contributed by atoms with Gasteiger partial charge < -0.3 is 10.6 Å². The monoisotopic (exact) mass is 548 g/mol. The molecule has 1 saturated heterocycles. The molecule has 0 saturated carbocycles. The van der Waals surface area contributed by atoms with Crippen molar-refractivity contribution in [2.75, 3.05) is 38.0 Å². The topological polar surface area (TPSA) is 98.8 Å². The zero-order valence-corrected chi connectivity index (χ0v) is 23.5. The van der Waals surface area contributed by atoms with Gasteiger partial charge in [0.2, 0.25) is 10.0 Å². The van der Waals surface area contributed by atoms with Gasteiger partial charge in [0.15, 0.2) is 0 Å². The van der Waals surface area contributed by atoms with Gasteiger partial charge in [0.05, 0.1) is 16.1 Å². The molecule has 0 atom stereocenters. The molecule has 9 heteroatoms. The summed E-state index contributed by atoms with van der Waals surface area (Å²) in [6.07, 6.45) is 0. The van der Waals surface area contributed by atoms with Gasteiger partial charge in [0, 0.05) is 44.8 Å². The predicted octanol–water partition coefficient (Wildman–Crippen LogP) is 4.14. The van der Waals surface area contributed by atoms with Crippen LogP contribution in [0.25, 0.3) is 0 Å². The summed E-state index contributed by atoms with van der Waals surface area (Å²) in [4.78, 5) is 28.2. The molecule has 0 unspecified atom stereocenters. The molecule has 0 bridgehead atoms. The third-order valence-corrected chi connectivity index (χ3v) is 8.59. The van der Waals surface area contributed by atoms with Gasteiger partial charge in [-0.25, -0.2) is 8.42 Å². The van der Waals surface area contributed by atoms with Gasteiger partial charge in [0.25, 0.3) is 11.8 Å². The van der Waals surface area contributed by atoms with Gasteiger partial charge in [-0.2, -0.15) is 4.31 Å². The Morgan fingerprint density at radius 3 is 2.26 bits per heavy atom. The van der Waals surface area contributed by atoms with Crippen LogP contribution in [0.5, 0.6) is 0 Å². The van der Waals surface area contributed by atoms with Crippen LogP contribution in [0.1, 0.15) is 45.7 Å². The number of anilines is 1. The highest BCUT2D eigenvalue weighted by Gasteiger charge is 2.28. The number of benzene rings is 3. The number of nitrogens with one attached hydrogen (secondary N) is 2. The standard InChI is InChI=1S/C30H36N4O4S/c1-22(2)20-31-30(36)27-9-4-5-10-28(27)32-29(35)25-8-6-7-24(19-25)21-33-15-17-34(18-16-33)39(37,38)26-13-11-23(3)12-14-26/h4-14,19,22H,15-18,20-21H2,1-3H3,(H,31,36)(H,32,35). The minimum absolute atomic E-state index is 0.225. The normalized spacial score (nSPS) is 14.8. The van der Waals surface area contributed by atoms with Gasteiger partial charge in [-0.05, 0) is 54.8 Å². The number of piperazine rings is 1. The second kappa shape index (κ2) is 12.5. The molecular formula is C30H36N4O4S. The van der Waals surface area contributed by atoms with Gasteiger partial charge in [-0.15, -0.1) is 0 Å². The largest absolute Gasteiger partial charge is 0.352 e. The molecule has 0 aromatic heterocycles. The number of amides is 2. The number of hydrogen-bond donors (Lipinski definition) is 2. The van der Waals surface area contributed by atoms with Crippen LogP contribution in [-0.4, -0.2) is 62.2 Å². The first-order chi connectivity index (χ1) is 18.6. The van der Waals surface area contributed by atoms with Crippen LogP contribution < -0.4 is 10.6 Å². The molecule has 39 heavy (non-hydrogen) atoms. The summed E-state index contributed by atoms with van der Waals surface area (Å²) in [5, 5.41) is 5.77. The van der Waals surface area contributed by atoms with E-state index in [4.69, 9.17) is 0 Å². The summed E-state index contributed by atoms with van der Waals surface area (Å²) < 4.78 is 27.5. The molecular weight excluding hydrogens is 512 g/mol. The average Bonchev–Trinajstić information content (AvgIpc) is 2.92. The molecule has 0 radical (unpaired) electrons. The lowest BCUT2D eigenvalue weighted by Crippen LogP contribution is -2.48. The second-order valence-electron chi connectivity index (χ2n) is 10.3. The highest BCUT2D eigenvalue weighted by Crippen LogP contribution is 2.20. The van der Waals surface area contributed by atoms with Crippen molar-refractivity contribution in [2.45, 2.75) is 32.2 Å². The van der Waals surface area contributed by atoms with E-state index >= 15 is 0 Å². The summed E-state index contributed by atoms with van der Waals surface area (Å²) in [5.74, 6) is -0.203. The number of sulfonamides is 1. The van der Waals surface area contributed by atoms with E-state index in [0.29, 0.717) is 66.9 Å². The second-order valence-corrected chi connectivity index (χ2v) is 12.2. The molecule has 1 fully saturated rings. The van der Waals surface area contributed by atoms with E-state index in [1.165, 1.54) is 4.31 Å². The van der Waals surface area contributed by atoms with Crippen LogP contribution >= 0.6 is 0 Å². The first-order valence-electron chi connectivity index (χ1n) is 13.2. The molecule has 0 aliphatic carbocycles. The van der Waals surface area contributed by atoms with E-state index in [9.17, 15) is 18.0 Å².